The van der Waals surface area contributed by atoms with E-state index in [1.54, 1.807) is 12.4 Å². The number of nitrogen functional groups attached to an aromatic ring is 1. The fourth-order valence-corrected chi connectivity index (χ4v) is 2.43. The van der Waals surface area contributed by atoms with Gasteiger partial charge in [0, 0.05) is 18.4 Å². The van der Waals surface area contributed by atoms with Crippen molar-refractivity contribution in [1.82, 2.24) is 4.98 Å². The van der Waals surface area contributed by atoms with Gasteiger partial charge in [0.25, 0.3) is 0 Å². The molecular formula is C14H13BrN4. The number of hydrogen-bond donors (Lipinski definition) is 1. The summed E-state index contributed by atoms with van der Waals surface area (Å²) in [5.41, 5.74) is 8.43. The Balaban J connectivity index is 2.47. The lowest BCUT2D eigenvalue weighted by molar-refractivity contribution is 0.944. The molecule has 2 N–H and O–H groups in total. The molecule has 0 amide bonds. The summed E-state index contributed by atoms with van der Waals surface area (Å²) < 4.78 is 0.814. The largest absolute Gasteiger partial charge is 0.396 e. The van der Waals surface area contributed by atoms with Gasteiger partial charge in [0.05, 0.1) is 34.5 Å². The zero-order valence-electron chi connectivity index (χ0n) is 10.3. The average molecular weight is 317 g/mol. The van der Waals surface area contributed by atoms with E-state index in [-0.39, 0.29) is 0 Å². The van der Waals surface area contributed by atoms with E-state index in [9.17, 15) is 0 Å². The van der Waals surface area contributed by atoms with Gasteiger partial charge in [0.1, 0.15) is 0 Å². The van der Waals surface area contributed by atoms with Crippen LogP contribution in [0.3, 0.4) is 0 Å². The van der Waals surface area contributed by atoms with Crippen LogP contribution in [-0.2, 0) is 0 Å². The Kier molecular flexibility index (Phi) is 4.37. The number of pyridine rings is 1. The van der Waals surface area contributed by atoms with Gasteiger partial charge in [0.2, 0.25) is 0 Å². The average Bonchev–Trinajstić information content (AvgIpc) is 2.43. The van der Waals surface area contributed by atoms with Crippen molar-refractivity contribution in [3.63, 3.8) is 0 Å². The smallest absolute Gasteiger partial charge is 0.0820 e. The molecule has 0 aliphatic heterocycles. The number of para-hydroxylation sites is 1. The van der Waals surface area contributed by atoms with E-state index in [0.29, 0.717) is 18.7 Å². The number of nitrogens with two attached hydrogens (primary N) is 1. The monoisotopic (exact) mass is 316 g/mol. The summed E-state index contributed by atoms with van der Waals surface area (Å²) in [5, 5.41) is 8.82. The summed E-state index contributed by atoms with van der Waals surface area (Å²) in [4.78, 5) is 6.06. The third kappa shape index (κ3) is 3.04. The third-order valence-corrected chi connectivity index (χ3v) is 3.27. The highest BCUT2D eigenvalue weighted by Crippen LogP contribution is 2.36. The van der Waals surface area contributed by atoms with Crippen molar-refractivity contribution in [3.8, 4) is 6.07 Å². The van der Waals surface area contributed by atoms with Gasteiger partial charge in [-0.2, -0.15) is 5.26 Å². The number of hydrogen-bond acceptors (Lipinski definition) is 4. The van der Waals surface area contributed by atoms with Gasteiger partial charge in [-0.15, -0.1) is 0 Å². The number of nitrogens with zero attached hydrogens (tertiary/aromatic N) is 3. The second-order valence-corrected chi connectivity index (χ2v) is 4.81. The molecule has 0 saturated carbocycles. The normalized spacial score (nSPS) is 9.89. The SMILES string of the molecule is N#CCCN(c1ccccc1)c1c(N)cncc1Br. The molecule has 96 valence electrons. The summed E-state index contributed by atoms with van der Waals surface area (Å²) in [6.45, 7) is 0.577. The van der Waals surface area contributed by atoms with E-state index in [4.69, 9.17) is 11.0 Å². The van der Waals surface area contributed by atoms with Crippen LogP contribution in [0.2, 0.25) is 0 Å². The number of anilines is 3. The summed E-state index contributed by atoms with van der Waals surface area (Å²) >= 11 is 3.47. The predicted octanol–water partition coefficient (Wildman–Crippen LogP) is 3.48. The van der Waals surface area contributed by atoms with Crippen molar-refractivity contribution in [2.45, 2.75) is 6.42 Å². The highest BCUT2D eigenvalue weighted by Gasteiger charge is 2.15. The molecule has 19 heavy (non-hydrogen) atoms. The Morgan fingerprint density at radius 2 is 2.00 bits per heavy atom. The maximum atomic E-state index is 8.82. The molecule has 1 aromatic heterocycles. The van der Waals surface area contributed by atoms with Crippen LogP contribution in [0.4, 0.5) is 17.1 Å². The molecule has 0 saturated heterocycles. The molecule has 5 heteroatoms. The van der Waals surface area contributed by atoms with Crippen LogP contribution in [0, 0.1) is 11.3 Å². The van der Waals surface area contributed by atoms with Gasteiger partial charge >= 0.3 is 0 Å². The first-order valence-corrected chi connectivity index (χ1v) is 6.62. The standard InChI is InChI=1S/C14H13BrN4/c15-12-9-18-10-13(17)14(12)19(8-4-7-16)11-5-2-1-3-6-11/h1-3,5-6,9-10H,4,8,17H2. The minimum absolute atomic E-state index is 0.420. The van der Waals surface area contributed by atoms with Gasteiger partial charge in [-0.25, -0.2) is 0 Å². The van der Waals surface area contributed by atoms with Crippen LogP contribution in [0.5, 0.6) is 0 Å². The molecule has 0 unspecified atom stereocenters. The minimum Gasteiger partial charge on any atom is -0.396 e. The highest BCUT2D eigenvalue weighted by molar-refractivity contribution is 9.10. The summed E-state index contributed by atoms with van der Waals surface area (Å²) in [6.07, 6.45) is 3.74. The van der Waals surface area contributed by atoms with Crippen molar-refractivity contribution in [2.24, 2.45) is 0 Å². The van der Waals surface area contributed by atoms with Crippen LogP contribution in [0.1, 0.15) is 6.42 Å². The maximum Gasteiger partial charge on any atom is 0.0820 e. The molecule has 0 spiro atoms. The fraction of sp³-hybridized carbons (Fsp3) is 0.143. The van der Waals surface area contributed by atoms with E-state index in [2.05, 4.69) is 27.0 Å². The first-order chi connectivity index (χ1) is 9.24. The molecule has 4 nitrogen and oxygen atoms in total. The molecule has 0 aliphatic rings. The molecule has 1 heterocycles. The second kappa shape index (κ2) is 6.21. The number of nitriles is 1. The van der Waals surface area contributed by atoms with Crippen LogP contribution >= 0.6 is 15.9 Å². The molecule has 0 bridgehead atoms. The quantitative estimate of drug-likeness (QED) is 0.937. The summed E-state index contributed by atoms with van der Waals surface area (Å²) in [6, 6.07) is 12.0. The molecule has 2 aromatic rings. The van der Waals surface area contributed by atoms with Gasteiger partial charge in [-0.3, -0.25) is 4.98 Å². The molecule has 0 radical (unpaired) electrons. The van der Waals surface area contributed by atoms with E-state index >= 15 is 0 Å². The fourth-order valence-electron chi connectivity index (χ4n) is 1.87. The van der Waals surface area contributed by atoms with Crippen molar-refractivity contribution >= 4 is 33.0 Å². The van der Waals surface area contributed by atoms with Gasteiger partial charge in [-0.05, 0) is 28.1 Å². The molecule has 0 fully saturated rings. The van der Waals surface area contributed by atoms with E-state index in [0.717, 1.165) is 15.8 Å². The Hall–Kier alpha value is -2.06. The molecule has 2 rings (SSSR count). The lowest BCUT2D eigenvalue weighted by Gasteiger charge is -2.26. The molecule has 1 aromatic carbocycles. The second-order valence-electron chi connectivity index (χ2n) is 3.95. The first-order valence-electron chi connectivity index (χ1n) is 5.82. The van der Waals surface area contributed by atoms with Crippen molar-refractivity contribution in [3.05, 3.63) is 47.2 Å². The molecular weight excluding hydrogens is 304 g/mol. The highest BCUT2D eigenvalue weighted by atomic mass is 79.9. The Bertz CT molecular complexity index is 572. The minimum atomic E-state index is 0.420. The number of aromatic nitrogens is 1. The summed E-state index contributed by atoms with van der Waals surface area (Å²) in [7, 11) is 0. The van der Waals surface area contributed by atoms with Crippen LogP contribution < -0.4 is 10.6 Å². The van der Waals surface area contributed by atoms with Crippen LogP contribution in [0.15, 0.2) is 47.2 Å². The van der Waals surface area contributed by atoms with Crippen LogP contribution in [0.25, 0.3) is 0 Å². The molecule has 0 atom stereocenters. The van der Waals surface area contributed by atoms with Crippen molar-refractivity contribution in [2.75, 3.05) is 17.2 Å². The van der Waals surface area contributed by atoms with Crippen molar-refractivity contribution < 1.29 is 0 Å². The maximum absolute atomic E-state index is 8.82. The predicted molar refractivity (Wildman–Crippen MR) is 80.0 cm³/mol. The van der Waals surface area contributed by atoms with Crippen LogP contribution in [-0.4, -0.2) is 11.5 Å². The first kappa shape index (κ1) is 13.4. The van der Waals surface area contributed by atoms with Gasteiger partial charge in [0.15, 0.2) is 0 Å². The van der Waals surface area contributed by atoms with Gasteiger partial charge in [-0.1, -0.05) is 18.2 Å². The Labute approximate surface area is 120 Å². The lowest BCUT2D eigenvalue weighted by Crippen LogP contribution is -2.20. The third-order valence-electron chi connectivity index (χ3n) is 2.69. The summed E-state index contributed by atoms with van der Waals surface area (Å²) in [5.74, 6) is 0. The zero-order valence-corrected chi connectivity index (χ0v) is 11.8. The Morgan fingerprint density at radius 3 is 2.63 bits per heavy atom. The van der Waals surface area contributed by atoms with E-state index < -0.39 is 0 Å². The zero-order chi connectivity index (χ0) is 13.7. The lowest BCUT2D eigenvalue weighted by atomic mass is 10.2. The number of halogens is 1. The van der Waals surface area contributed by atoms with Crippen molar-refractivity contribution in [1.29, 1.82) is 5.26 Å². The molecule has 0 aliphatic carbocycles. The topological polar surface area (TPSA) is 65.9 Å². The van der Waals surface area contributed by atoms with E-state index in [1.165, 1.54) is 0 Å². The number of rotatable bonds is 4. The Morgan fingerprint density at radius 1 is 1.26 bits per heavy atom. The van der Waals surface area contributed by atoms with Gasteiger partial charge < -0.3 is 10.6 Å². The number of benzene rings is 1. The van der Waals surface area contributed by atoms with E-state index in [1.807, 2.05) is 35.2 Å².